The van der Waals surface area contributed by atoms with E-state index in [9.17, 15) is 57.1 Å². The van der Waals surface area contributed by atoms with Gasteiger partial charge < -0.3 is 9.31 Å². The van der Waals surface area contributed by atoms with Gasteiger partial charge in [0.1, 0.15) is 0 Å². The minimum Gasteiger partial charge on any atom is -0.519 e. The summed E-state index contributed by atoms with van der Waals surface area (Å²) in [7, 11) is -4.45. The summed E-state index contributed by atoms with van der Waals surface area (Å²) in [6.07, 6.45) is 0. The summed E-state index contributed by atoms with van der Waals surface area (Å²) in [4.78, 5) is 0. The molecule has 0 aliphatic rings. The normalized spacial score (nSPS) is 11.9. The molecular weight excluding hydrogens is 888 g/mol. The van der Waals surface area contributed by atoms with Crippen LogP contribution in [0.4, 0.5) is 101 Å². The fourth-order valence-electron chi connectivity index (χ4n) is 6.19. The number of hydrogen-bond acceptors (Lipinski definition) is 2. The van der Waals surface area contributed by atoms with Gasteiger partial charge in [-0.3, -0.25) is 0 Å². The molecule has 0 spiro atoms. The maximum absolute atomic E-state index is 16.0. The quantitative estimate of drug-likeness (QED) is 0.0545. The van der Waals surface area contributed by atoms with Gasteiger partial charge in [-0.25, -0.2) is 87.8 Å². The van der Waals surface area contributed by atoms with E-state index in [4.69, 9.17) is 0 Å². The standard InChI is InChI=1S/C34BF23O2/c36-10-3(7-16(42)23(49)26(52)24(50)17(7)43)9(20(46)25(51)22(10)48)35(60-34-31(57)28(54)27(53)29(55)32(34)58)59-33-8-2-1-4(11(37)12(38)6(2)18(44)30(33)56)14(40)21(47)15(41)5(1)13(39)19(8)45. The zero-order valence-corrected chi connectivity index (χ0v) is 27.1. The fraction of sp³-hybridized carbons (Fsp3) is 0. The average Bonchev–Trinajstić information content (AvgIpc) is 3.21. The van der Waals surface area contributed by atoms with Gasteiger partial charge in [0.15, 0.2) is 110 Å². The van der Waals surface area contributed by atoms with Crippen LogP contribution in [0.2, 0.25) is 0 Å². The van der Waals surface area contributed by atoms with E-state index in [0.29, 0.717) is 0 Å². The molecule has 26 heteroatoms. The summed E-state index contributed by atoms with van der Waals surface area (Å²) < 4.78 is 353. The van der Waals surface area contributed by atoms with Gasteiger partial charge in [0.2, 0.25) is 34.9 Å². The zero-order chi connectivity index (χ0) is 44.6. The van der Waals surface area contributed by atoms with E-state index >= 15 is 43.9 Å². The summed E-state index contributed by atoms with van der Waals surface area (Å²) in [6.45, 7) is 0. The van der Waals surface area contributed by atoms with Crippen molar-refractivity contribution < 1.29 is 110 Å². The molecule has 0 saturated heterocycles. The Kier molecular flexibility index (Phi) is 9.65. The summed E-state index contributed by atoms with van der Waals surface area (Å²) in [5.41, 5.74) is -8.86. The van der Waals surface area contributed by atoms with E-state index in [0.717, 1.165) is 0 Å². The highest BCUT2D eigenvalue weighted by molar-refractivity contribution is 6.64. The smallest absolute Gasteiger partial charge is 0.519 e. The molecule has 0 saturated carbocycles. The molecule has 0 radical (unpaired) electrons. The largest absolute Gasteiger partial charge is 0.636 e. The number of halogens is 23. The molecule has 0 N–H and O–H groups in total. The molecule has 7 rings (SSSR count). The first-order valence-corrected chi connectivity index (χ1v) is 15.0. The molecule has 0 heterocycles. The molecule has 2 nitrogen and oxygen atoms in total. The van der Waals surface area contributed by atoms with Crippen LogP contribution in [0, 0.1) is 134 Å². The average molecular weight is 888 g/mol. The number of benzene rings is 7. The van der Waals surface area contributed by atoms with Crippen molar-refractivity contribution in [1.29, 1.82) is 0 Å². The molecule has 60 heavy (non-hydrogen) atoms. The zero-order valence-electron chi connectivity index (χ0n) is 27.1. The molecule has 0 unspecified atom stereocenters. The first-order valence-electron chi connectivity index (χ1n) is 15.0. The Labute approximate surface area is 312 Å². The SMILES string of the molecule is Fc1c(F)c(F)c(OB(Oc2c(F)c(F)c3c(F)c(F)c4c(F)c(F)c(F)c5c(F)c(F)c2c3c45)c2c(F)c(F)c(F)c(F)c2-c2c(F)c(F)c(F)c(F)c2F)c(F)c1F. The second-order valence-corrected chi connectivity index (χ2v) is 11.9. The van der Waals surface area contributed by atoms with Crippen LogP contribution >= 0.6 is 0 Å². The van der Waals surface area contributed by atoms with E-state index in [-0.39, 0.29) is 0 Å². The van der Waals surface area contributed by atoms with Gasteiger partial charge in [0.25, 0.3) is 0 Å². The van der Waals surface area contributed by atoms with Crippen molar-refractivity contribution in [2.75, 3.05) is 0 Å². The van der Waals surface area contributed by atoms with Crippen LogP contribution in [0.15, 0.2) is 0 Å². The fourth-order valence-corrected chi connectivity index (χ4v) is 6.19. The van der Waals surface area contributed by atoms with E-state index in [2.05, 4.69) is 9.31 Å². The van der Waals surface area contributed by atoms with Gasteiger partial charge >= 0.3 is 7.12 Å². The monoisotopic (exact) mass is 888 g/mol. The van der Waals surface area contributed by atoms with Gasteiger partial charge in [0.05, 0.1) is 32.6 Å². The van der Waals surface area contributed by atoms with E-state index < -0.39 is 201 Å². The van der Waals surface area contributed by atoms with Crippen LogP contribution in [0.1, 0.15) is 0 Å². The first kappa shape index (κ1) is 41.8. The Morgan fingerprint density at radius 3 is 0.883 bits per heavy atom. The number of rotatable bonds is 6. The van der Waals surface area contributed by atoms with E-state index in [1.54, 1.807) is 0 Å². The van der Waals surface area contributed by atoms with Gasteiger partial charge in [-0.15, -0.1) is 0 Å². The van der Waals surface area contributed by atoms with Crippen LogP contribution < -0.4 is 14.8 Å². The number of hydrogen-bond donors (Lipinski definition) is 0. The van der Waals surface area contributed by atoms with Crippen molar-refractivity contribution in [2.45, 2.75) is 0 Å². The summed E-state index contributed by atoms with van der Waals surface area (Å²) in [6, 6.07) is 0. The third-order valence-electron chi connectivity index (χ3n) is 8.79. The van der Waals surface area contributed by atoms with E-state index in [1.165, 1.54) is 0 Å². The Balaban J connectivity index is 1.70. The Hall–Kier alpha value is -6.37. The van der Waals surface area contributed by atoms with Crippen molar-refractivity contribution in [3.63, 3.8) is 0 Å². The Morgan fingerprint density at radius 2 is 0.450 bits per heavy atom. The van der Waals surface area contributed by atoms with Crippen LogP contribution in [0.25, 0.3) is 43.4 Å². The van der Waals surface area contributed by atoms with Crippen molar-refractivity contribution in [2.24, 2.45) is 0 Å². The maximum Gasteiger partial charge on any atom is 0.636 e. The lowest BCUT2D eigenvalue weighted by atomic mass is 9.72. The highest BCUT2D eigenvalue weighted by Gasteiger charge is 2.46. The van der Waals surface area contributed by atoms with Crippen LogP contribution in [0.3, 0.4) is 0 Å². The molecule has 0 aliphatic heterocycles. The predicted octanol–water partition coefficient (Wildman–Crippen LogP) is 11.3. The van der Waals surface area contributed by atoms with Crippen molar-refractivity contribution in [1.82, 2.24) is 0 Å². The highest BCUT2D eigenvalue weighted by Crippen LogP contribution is 2.49. The minimum atomic E-state index is -4.45. The second kappa shape index (κ2) is 13.9. The topological polar surface area (TPSA) is 18.5 Å². The molecule has 7 aromatic rings. The molecular formula is C34BF23O2. The lowest BCUT2D eigenvalue weighted by Crippen LogP contribution is -2.48. The third-order valence-corrected chi connectivity index (χ3v) is 8.79. The van der Waals surface area contributed by atoms with Gasteiger partial charge in [-0.1, -0.05) is 0 Å². The highest BCUT2D eigenvalue weighted by atomic mass is 19.2. The molecule has 0 aliphatic carbocycles. The van der Waals surface area contributed by atoms with Crippen molar-refractivity contribution in [3.8, 4) is 22.6 Å². The Bertz CT molecular complexity index is 3020. The minimum absolute atomic E-state index is 1.97. The van der Waals surface area contributed by atoms with Gasteiger partial charge in [0, 0.05) is 16.3 Å². The van der Waals surface area contributed by atoms with Crippen molar-refractivity contribution in [3.05, 3.63) is 134 Å². The summed E-state index contributed by atoms with van der Waals surface area (Å²) >= 11 is 0. The molecule has 312 valence electrons. The van der Waals surface area contributed by atoms with Gasteiger partial charge in [-0.2, -0.15) is 13.2 Å². The first-order chi connectivity index (χ1) is 27.9. The second-order valence-electron chi connectivity index (χ2n) is 11.9. The lowest BCUT2D eigenvalue weighted by Gasteiger charge is -2.24. The van der Waals surface area contributed by atoms with Gasteiger partial charge in [-0.05, 0) is 0 Å². The molecule has 0 fully saturated rings. The lowest BCUT2D eigenvalue weighted by molar-refractivity contribution is 0.331. The van der Waals surface area contributed by atoms with Crippen LogP contribution in [-0.2, 0) is 0 Å². The Morgan fingerprint density at radius 1 is 0.200 bits per heavy atom. The third kappa shape index (κ3) is 5.33. The summed E-state index contributed by atoms with van der Waals surface area (Å²) in [5.74, 6) is -77.2. The predicted molar refractivity (Wildman–Crippen MR) is 154 cm³/mol. The summed E-state index contributed by atoms with van der Waals surface area (Å²) in [5, 5.41) is -13.2. The molecule has 7 aromatic carbocycles. The van der Waals surface area contributed by atoms with E-state index in [1.807, 2.05) is 0 Å². The molecule has 0 bridgehead atoms. The molecule has 0 atom stereocenters. The molecule has 0 amide bonds. The van der Waals surface area contributed by atoms with Crippen molar-refractivity contribution >= 4 is 44.9 Å². The molecule has 0 aromatic heterocycles. The van der Waals surface area contributed by atoms with Crippen LogP contribution in [-0.4, -0.2) is 7.12 Å². The maximum atomic E-state index is 16.0. The van der Waals surface area contributed by atoms with Crippen LogP contribution in [0.5, 0.6) is 11.5 Å².